The van der Waals surface area contributed by atoms with E-state index < -0.39 is 0 Å². The highest BCUT2D eigenvalue weighted by molar-refractivity contribution is 4.96. The van der Waals surface area contributed by atoms with E-state index >= 15 is 0 Å². The molecule has 0 unspecified atom stereocenters. The third kappa shape index (κ3) is 15.2. The molecule has 0 fully saturated rings. The molecule has 0 aliphatic heterocycles. The Labute approximate surface area is 115 Å². The third-order valence-corrected chi connectivity index (χ3v) is 2.85. The molecule has 0 atom stereocenters. The van der Waals surface area contributed by atoms with Crippen LogP contribution in [-0.4, -0.2) is 0 Å². The lowest BCUT2D eigenvalue weighted by molar-refractivity contribution is 0.621. The van der Waals surface area contributed by atoms with E-state index in [1.165, 1.54) is 38.5 Å². The zero-order valence-electron chi connectivity index (χ0n) is 12.1. The van der Waals surface area contributed by atoms with Gasteiger partial charge in [0.2, 0.25) is 0 Å². The lowest BCUT2D eigenvalue weighted by atomic mass is 10.1. The van der Waals surface area contributed by atoms with E-state index in [1.54, 1.807) is 0 Å². The molecule has 0 rings (SSSR count). The Kier molecular flexibility index (Phi) is 15.5. The number of hydrogen-bond donors (Lipinski definition) is 0. The van der Waals surface area contributed by atoms with Crippen LogP contribution in [0.2, 0.25) is 0 Å². The number of hydrogen-bond acceptors (Lipinski definition) is 0. The van der Waals surface area contributed by atoms with Crippen LogP contribution in [0, 0.1) is 6.92 Å². The van der Waals surface area contributed by atoms with Gasteiger partial charge in [-0.3, -0.25) is 0 Å². The zero-order valence-corrected chi connectivity index (χ0v) is 12.1. The van der Waals surface area contributed by atoms with Crippen LogP contribution in [-0.2, 0) is 0 Å². The second kappa shape index (κ2) is 16.2. The minimum absolute atomic E-state index is 0.847. The molecule has 18 heavy (non-hydrogen) atoms. The fourth-order valence-corrected chi connectivity index (χ4v) is 1.76. The lowest BCUT2D eigenvalue weighted by Gasteiger charge is -1.97. The van der Waals surface area contributed by atoms with Crippen molar-refractivity contribution in [1.29, 1.82) is 0 Å². The summed E-state index contributed by atoms with van der Waals surface area (Å²) >= 11 is 0. The SMILES string of the molecule is [CH]CCCCCCC/C=C\C/C=C\C/C=C\CC. The predicted octanol–water partition coefficient (Wildman–Crippen LogP) is 6.29. The van der Waals surface area contributed by atoms with Crippen molar-refractivity contribution in [3.8, 4) is 0 Å². The first-order valence-corrected chi connectivity index (χ1v) is 7.56. The van der Waals surface area contributed by atoms with Gasteiger partial charge < -0.3 is 0 Å². The second-order valence-electron chi connectivity index (χ2n) is 4.64. The van der Waals surface area contributed by atoms with Crippen LogP contribution in [0.4, 0.5) is 0 Å². The first-order valence-electron chi connectivity index (χ1n) is 7.56. The van der Waals surface area contributed by atoms with Gasteiger partial charge in [-0.1, -0.05) is 69.1 Å². The van der Waals surface area contributed by atoms with Gasteiger partial charge in [0.1, 0.15) is 0 Å². The standard InChI is InChI=1S/C18H30/c1-3-5-7-9-11-13-15-17-18-16-14-12-10-8-6-4-2/h1,6,8,12,14,17-18H,3-5,7,9-11,13,15-16H2,2H3/b8-6-,14-12-,18-17-. The fraction of sp³-hybridized carbons (Fsp3) is 0.611. The number of allylic oxidation sites excluding steroid dienone is 6. The molecule has 0 saturated carbocycles. The summed E-state index contributed by atoms with van der Waals surface area (Å²) in [6, 6.07) is 0. The molecular formula is C18H30. The predicted molar refractivity (Wildman–Crippen MR) is 83.6 cm³/mol. The molecule has 0 aromatic rings. The van der Waals surface area contributed by atoms with Gasteiger partial charge in [0.25, 0.3) is 0 Å². The van der Waals surface area contributed by atoms with E-state index in [4.69, 9.17) is 6.92 Å². The first-order chi connectivity index (χ1) is 8.91. The van der Waals surface area contributed by atoms with E-state index in [0.717, 1.165) is 25.7 Å². The molecule has 0 heterocycles. The van der Waals surface area contributed by atoms with Crippen molar-refractivity contribution < 1.29 is 0 Å². The van der Waals surface area contributed by atoms with E-state index in [-0.39, 0.29) is 0 Å². The Bertz CT molecular complexity index is 220. The summed E-state index contributed by atoms with van der Waals surface area (Å²) in [5.74, 6) is 0. The average molecular weight is 246 g/mol. The van der Waals surface area contributed by atoms with Crippen molar-refractivity contribution in [1.82, 2.24) is 0 Å². The van der Waals surface area contributed by atoms with Crippen LogP contribution in [0.25, 0.3) is 0 Å². The van der Waals surface area contributed by atoms with Gasteiger partial charge in [-0.2, -0.15) is 0 Å². The number of unbranched alkanes of at least 4 members (excludes halogenated alkanes) is 6. The molecule has 0 aliphatic carbocycles. The zero-order chi connectivity index (χ0) is 13.3. The molecule has 0 nitrogen and oxygen atoms in total. The van der Waals surface area contributed by atoms with Crippen LogP contribution in [0.1, 0.15) is 71.1 Å². The summed E-state index contributed by atoms with van der Waals surface area (Å²) < 4.78 is 0. The average Bonchev–Trinajstić information content (AvgIpc) is 2.39. The molecule has 0 saturated heterocycles. The Morgan fingerprint density at radius 2 is 1.22 bits per heavy atom. The molecule has 0 heteroatoms. The van der Waals surface area contributed by atoms with Crippen LogP contribution < -0.4 is 0 Å². The number of rotatable bonds is 12. The molecule has 0 aliphatic rings. The minimum Gasteiger partial charge on any atom is -0.0885 e. The van der Waals surface area contributed by atoms with Gasteiger partial charge in [0.15, 0.2) is 0 Å². The lowest BCUT2D eigenvalue weighted by Crippen LogP contribution is -1.77. The van der Waals surface area contributed by atoms with Gasteiger partial charge in [0, 0.05) is 0 Å². The Morgan fingerprint density at radius 1 is 0.667 bits per heavy atom. The van der Waals surface area contributed by atoms with Crippen molar-refractivity contribution in [3.63, 3.8) is 0 Å². The monoisotopic (exact) mass is 246 g/mol. The van der Waals surface area contributed by atoms with E-state index in [2.05, 4.69) is 43.4 Å². The van der Waals surface area contributed by atoms with Crippen molar-refractivity contribution in [2.75, 3.05) is 0 Å². The normalized spacial score (nSPS) is 12.3. The smallest absolute Gasteiger partial charge is 0.0169 e. The molecule has 0 bridgehead atoms. The highest BCUT2D eigenvalue weighted by Crippen LogP contribution is 2.07. The summed E-state index contributed by atoms with van der Waals surface area (Å²) in [5.41, 5.74) is 0. The van der Waals surface area contributed by atoms with E-state index in [1.807, 2.05) is 0 Å². The highest BCUT2D eigenvalue weighted by atomic mass is 13.9. The maximum Gasteiger partial charge on any atom is -0.0169 e. The van der Waals surface area contributed by atoms with Gasteiger partial charge >= 0.3 is 0 Å². The molecule has 0 N–H and O–H groups in total. The van der Waals surface area contributed by atoms with Gasteiger partial charge in [-0.05, 0) is 45.4 Å². The van der Waals surface area contributed by atoms with Crippen molar-refractivity contribution in [3.05, 3.63) is 43.4 Å². The summed E-state index contributed by atoms with van der Waals surface area (Å²) in [6.45, 7) is 7.62. The Morgan fingerprint density at radius 3 is 1.89 bits per heavy atom. The van der Waals surface area contributed by atoms with Crippen LogP contribution >= 0.6 is 0 Å². The summed E-state index contributed by atoms with van der Waals surface area (Å²) in [5, 5.41) is 0. The van der Waals surface area contributed by atoms with Gasteiger partial charge in [-0.15, -0.1) is 0 Å². The van der Waals surface area contributed by atoms with Gasteiger partial charge in [0.05, 0.1) is 0 Å². The summed E-state index contributed by atoms with van der Waals surface area (Å²) in [4.78, 5) is 0. The summed E-state index contributed by atoms with van der Waals surface area (Å²) in [6.07, 6.45) is 25.4. The van der Waals surface area contributed by atoms with Crippen LogP contribution in [0.15, 0.2) is 36.5 Å². The van der Waals surface area contributed by atoms with Crippen LogP contribution in [0.5, 0.6) is 0 Å². The third-order valence-electron chi connectivity index (χ3n) is 2.85. The molecule has 102 valence electrons. The Balaban J connectivity index is 3.20. The quantitative estimate of drug-likeness (QED) is 0.280. The molecule has 0 spiro atoms. The fourth-order valence-electron chi connectivity index (χ4n) is 1.76. The molecule has 2 radical (unpaired) electrons. The molecule has 0 aromatic heterocycles. The van der Waals surface area contributed by atoms with Crippen LogP contribution in [0.3, 0.4) is 0 Å². The molecule has 0 amide bonds. The van der Waals surface area contributed by atoms with Crippen molar-refractivity contribution in [2.24, 2.45) is 0 Å². The van der Waals surface area contributed by atoms with E-state index in [0.29, 0.717) is 0 Å². The largest absolute Gasteiger partial charge is 0.0885 e. The minimum atomic E-state index is 0.847. The Hall–Kier alpha value is -0.780. The summed E-state index contributed by atoms with van der Waals surface area (Å²) in [7, 11) is 0. The maximum absolute atomic E-state index is 5.45. The second-order valence-corrected chi connectivity index (χ2v) is 4.64. The van der Waals surface area contributed by atoms with E-state index in [9.17, 15) is 0 Å². The molecule has 0 aromatic carbocycles. The maximum atomic E-state index is 5.45. The van der Waals surface area contributed by atoms with Gasteiger partial charge in [-0.25, -0.2) is 0 Å². The topological polar surface area (TPSA) is 0 Å². The first kappa shape index (κ1) is 17.2. The van der Waals surface area contributed by atoms with Crippen molar-refractivity contribution >= 4 is 0 Å². The molecular weight excluding hydrogens is 216 g/mol. The van der Waals surface area contributed by atoms with Crippen molar-refractivity contribution in [2.45, 2.75) is 71.1 Å². The highest BCUT2D eigenvalue weighted by Gasteiger charge is 1.87.